The Morgan fingerprint density at radius 3 is 2.39 bits per heavy atom. The number of amidine groups is 1. The maximum atomic E-state index is 5.73. The van der Waals surface area contributed by atoms with Crippen LogP contribution in [0.25, 0.3) is 11.1 Å². The molecule has 0 saturated heterocycles. The van der Waals surface area contributed by atoms with E-state index in [1.54, 1.807) is 0 Å². The third-order valence-corrected chi connectivity index (χ3v) is 4.40. The molecule has 2 N–H and O–H groups in total. The maximum Gasteiger partial charge on any atom is 0.180 e. The molecule has 2 aromatic rings. The van der Waals surface area contributed by atoms with Crippen LogP contribution in [0.2, 0.25) is 0 Å². The first-order valence-electron chi connectivity index (χ1n) is 7.55. The molecule has 0 aliphatic carbocycles. The van der Waals surface area contributed by atoms with Gasteiger partial charge in [0, 0.05) is 12.2 Å². The van der Waals surface area contributed by atoms with Gasteiger partial charge in [0.25, 0.3) is 0 Å². The van der Waals surface area contributed by atoms with Crippen molar-refractivity contribution >= 4 is 22.6 Å². The van der Waals surface area contributed by atoms with Crippen LogP contribution in [0, 0.1) is 0 Å². The molecular weight excluding hydrogens is 306 g/mol. The van der Waals surface area contributed by atoms with Crippen molar-refractivity contribution in [2.45, 2.75) is 13.0 Å². The lowest BCUT2D eigenvalue weighted by atomic mass is 10.0. The molecule has 3 rings (SSSR count). The first-order valence-corrected chi connectivity index (χ1v) is 8.53. The van der Waals surface area contributed by atoms with E-state index >= 15 is 0 Å². The number of hydrogen-bond donors (Lipinski definition) is 1. The largest absolute Gasteiger partial charge is 0.377 e. The molecule has 1 aliphatic rings. The highest BCUT2D eigenvalue weighted by Crippen LogP contribution is 2.19. The van der Waals surface area contributed by atoms with Crippen molar-refractivity contribution in [2.75, 3.05) is 12.4 Å². The number of nitrogens with zero attached hydrogens (tertiary/aromatic N) is 2. The summed E-state index contributed by atoms with van der Waals surface area (Å²) in [6.07, 6.45) is 0.797. The van der Waals surface area contributed by atoms with E-state index in [1.807, 2.05) is 6.07 Å². The van der Waals surface area contributed by atoms with Crippen LogP contribution in [0.4, 0.5) is 0 Å². The molecule has 0 amide bonds. The second-order valence-electron chi connectivity index (χ2n) is 5.26. The van der Waals surface area contributed by atoms with Gasteiger partial charge >= 0.3 is 0 Å². The summed E-state index contributed by atoms with van der Waals surface area (Å²) in [7, 11) is 0. The number of ether oxygens (including phenoxy) is 1. The summed E-state index contributed by atoms with van der Waals surface area (Å²) in [4.78, 5) is 0. The van der Waals surface area contributed by atoms with Crippen LogP contribution in [0.15, 0.2) is 64.8 Å². The lowest BCUT2D eigenvalue weighted by molar-refractivity contribution is 0.127. The predicted octanol–water partition coefficient (Wildman–Crippen LogP) is 3.68. The summed E-state index contributed by atoms with van der Waals surface area (Å²) in [6.45, 7) is 1.26. The second-order valence-corrected chi connectivity index (χ2v) is 6.25. The van der Waals surface area contributed by atoms with Crippen LogP contribution in [0.5, 0.6) is 0 Å². The topological polar surface area (TPSA) is 60.0 Å². The lowest BCUT2D eigenvalue weighted by Gasteiger charge is -2.09. The quantitative estimate of drug-likeness (QED) is 0.824. The van der Waals surface area contributed by atoms with Gasteiger partial charge in [-0.25, -0.2) is 0 Å². The number of benzene rings is 2. The van der Waals surface area contributed by atoms with Gasteiger partial charge in [-0.1, -0.05) is 66.4 Å². The summed E-state index contributed by atoms with van der Waals surface area (Å²) < 4.78 is 5.73. The molecule has 5 heteroatoms. The zero-order chi connectivity index (χ0) is 15.9. The highest BCUT2D eigenvalue weighted by molar-refractivity contribution is 8.14. The van der Waals surface area contributed by atoms with Crippen molar-refractivity contribution in [3.8, 4) is 11.1 Å². The fourth-order valence-electron chi connectivity index (χ4n) is 2.26. The van der Waals surface area contributed by atoms with Crippen LogP contribution in [-0.2, 0) is 11.3 Å². The van der Waals surface area contributed by atoms with Gasteiger partial charge in [0.2, 0.25) is 0 Å². The third-order valence-electron chi connectivity index (χ3n) is 3.54. The summed E-state index contributed by atoms with van der Waals surface area (Å²) in [5, 5.41) is 8.49. The Morgan fingerprint density at radius 1 is 0.957 bits per heavy atom. The fraction of sp³-hybridized carbons (Fsp3) is 0.222. The SMILES string of the molecule is NC1=NN=C(CCOCc2ccc(-c3ccccc3)cc2)CS1. The zero-order valence-corrected chi connectivity index (χ0v) is 13.6. The predicted molar refractivity (Wildman–Crippen MR) is 97.7 cm³/mol. The minimum Gasteiger partial charge on any atom is -0.377 e. The summed E-state index contributed by atoms with van der Waals surface area (Å²) >= 11 is 1.52. The Kier molecular flexibility index (Phi) is 5.45. The zero-order valence-electron chi connectivity index (χ0n) is 12.8. The van der Waals surface area contributed by atoms with E-state index in [9.17, 15) is 0 Å². The molecule has 1 aliphatic heterocycles. The first-order chi connectivity index (χ1) is 11.3. The molecule has 2 aromatic carbocycles. The van der Waals surface area contributed by atoms with Gasteiger partial charge in [-0.15, -0.1) is 5.10 Å². The summed E-state index contributed by atoms with van der Waals surface area (Å²) in [6, 6.07) is 18.9. The van der Waals surface area contributed by atoms with E-state index in [0.717, 1.165) is 17.9 Å². The Bertz CT molecular complexity index is 696. The average Bonchev–Trinajstić information content (AvgIpc) is 2.62. The van der Waals surface area contributed by atoms with E-state index in [-0.39, 0.29) is 0 Å². The number of hydrogen-bond acceptors (Lipinski definition) is 5. The fourth-order valence-corrected chi connectivity index (χ4v) is 2.88. The van der Waals surface area contributed by atoms with E-state index in [0.29, 0.717) is 18.4 Å². The standard InChI is InChI=1S/C18H19N3OS/c19-18-21-20-17(13-23-18)10-11-22-12-14-6-8-16(9-7-14)15-4-2-1-3-5-15/h1-9H,10-13H2,(H2,19,21). The molecule has 4 nitrogen and oxygen atoms in total. The van der Waals surface area contributed by atoms with Crippen molar-refractivity contribution in [1.29, 1.82) is 0 Å². The van der Waals surface area contributed by atoms with Crippen LogP contribution in [0.3, 0.4) is 0 Å². The highest BCUT2D eigenvalue weighted by atomic mass is 32.2. The van der Waals surface area contributed by atoms with Crippen LogP contribution >= 0.6 is 11.8 Å². The molecule has 23 heavy (non-hydrogen) atoms. The molecule has 0 fully saturated rings. The molecule has 0 unspecified atom stereocenters. The van der Waals surface area contributed by atoms with Gasteiger partial charge in [-0.3, -0.25) is 0 Å². The van der Waals surface area contributed by atoms with E-state index in [1.165, 1.54) is 28.5 Å². The van der Waals surface area contributed by atoms with Gasteiger partial charge in [-0.05, 0) is 16.7 Å². The second kappa shape index (κ2) is 7.94. The van der Waals surface area contributed by atoms with Crippen molar-refractivity contribution in [1.82, 2.24) is 0 Å². The van der Waals surface area contributed by atoms with Crippen LogP contribution in [-0.4, -0.2) is 23.2 Å². The molecule has 1 heterocycles. The minimum absolute atomic E-state index is 0.535. The normalized spacial score (nSPS) is 14.3. The highest BCUT2D eigenvalue weighted by Gasteiger charge is 2.07. The van der Waals surface area contributed by atoms with Gasteiger partial charge in [0.1, 0.15) is 0 Å². The molecule has 0 saturated carbocycles. The van der Waals surface area contributed by atoms with Crippen LogP contribution in [0.1, 0.15) is 12.0 Å². The summed E-state index contributed by atoms with van der Waals surface area (Å²) in [5.41, 5.74) is 10.2. The van der Waals surface area contributed by atoms with Crippen molar-refractivity contribution < 1.29 is 4.74 Å². The molecule has 118 valence electrons. The Labute approximate surface area is 140 Å². The van der Waals surface area contributed by atoms with Crippen molar-refractivity contribution in [2.24, 2.45) is 15.9 Å². The Morgan fingerprint density at radius 2 is 1.70 bits per heavy atom. The molecule has 0 aromatic heterocycles. The van der Waals surface area contributed by atoms with E-state index in [4.69, 9.17) is 10.5 Å². The van der Waals surface area contributed by atoms with Gasteiger partial charge in [0.05, 0.1) is 18.9 Å². The third kappa shape index (κ3) is 4.68. The number of rotatable bonds is 6. The lowest BCUT2D eigenvalue weighted by Crippen LogP contribution is -2.16. The molecule has 0 radical (unpaired) electrons. The molecule has 0 atom stereocenters. The van der Waals surface area contributed by atoms with Crippen molar-refractivity contribution in [3.63, 3.8) is 0 Å². The molecule has 0 bridgehead atoms. The minimum atomic E-state index is 0.535. The Hall–Kier alpha value is -2.11. The maximum absolute atomic E-state index is 5.73. The van der Waals surface area contributed by atoms with Gasteiger partial charge in [-0.2, -0.15) is 5.10 Å². The summed E-state index contributed by atoms with van der Waals surface area (Å²) in [5.74, 6) is 0.810. The van der Waals surface area contributed by atoms with Crippen LogP contribution < -0.4 is 5.73 Å². The molecular formula is C18H19N3OS. The van der Waals surface area contributed by atoms with E-state index in [2.05, 4.69) is 58.7 Å². The Balaban J connectivity index is 1.46. The monoisotopic (exact) mass is 325 g/mol. The first kappa shape index (κ1) is 15.8. The number of thioether (sulfide) groups is 1. The van der Waals surface area contributed by atoms with E-state index < -0.39 is 0 Å². The van der Waals surface area contributed by atoms with Gasteiger partial charge in [0.15, 0.2) is 5.17 Å². The van der Waals surface area contributed by atoms with Gasteiger partial charge < -0.3 is 10.5 Å². The number of nitrogens with two attached hydrogens (primary N) is 1. The smallest absolute Gasteiger partial charge is 0.180 e. The van der Waals surface area contributed by atoms with Crippen molar-refractivity contribution in [3.05, 3.63) is 60.2 Å². The molecule has 0 spiro atoms. The average molecular weight is 325 g/mol.